The molecule has 2 saturated carbocycles. The Morgan fingerprint density at radius 2 is 1.26 bits per heavy atom. The average Bonchev–Trinajstić information content (AvgIpc) is 2.98. The van der Waals surface area contributed by atoms with Crippen LogP contribution in [0.25, 0.3) is 0 Å². The number of nitrogens with zero attached hydrogens (tertiary/aromatic N) is 2. The molecule has 46 heavy (non-hydrogen) atoms. The van der Waals surface area contributed by atoms with E-state index in [2.05, 4.69) is 10.6 Å². The average molecular weight is 667 g/mol. The summed E-state index contributed by atoms with van der Waals surface area (Å²) in [6, 6.07) is 9.98. The molecule has 15 heteroatoms. The Hall–Kier alpha value is -3.88. The molecule has 2 aromatic carbocycles. The predicted molar refractivity (Wildman–Crippen MR) is 178 cm³/mol. The van der Waals surface area contributed by atoms with Gasteiger partial charge in [0.2, 0.25) is 0 Å². The minimum Gasteiger partial charge on any atom is -0.497 e. The number of hydrogen-bond acceptors (Lipinski definition) is 11. The van der Waals surface area contributed by atoms with Crippen molar-refractivity contribution in [2.45, 2.75) is 102 Å². The fourth-order valence-electron chi connectivity index (χ4n) is 4.90. The number of nitro groups is 2. The van der Waals surface area contributed by atoms with Gasteiger partial charge in [0.25, 0.3) is 11.4 Å². The SMILES string of the molecule is CC(C)(C)OC(=O)NC1CCC(N)CC1.COc1ccc([N+](=O)[O-])c(Cl)c1.COc1ccc([N+](=O)[O-])c(NC2CCC(N)CC2)c1. The van der Waals surface area contributed by atoms with Gasteiger partial charge in [-0.15, -0.1) is 0 Å². The first-order valence-corrected chi connectivity index (χ1v) is 15.6. The van der Waals surface area contributed by atoms with Crippen molar-refractivity contribution in [1.82, 2.24) is 5.32 Å². The van der Waals surface area contributed by atoms with Gasteiger partial charge in [-0.2, -0.15) is 0 Å². The molecular weight excluding hydrogens is 620 g/mol. The van der Waals surface area contributed by atoms with Gasteiger partial charge < -0.3 is 36.3 Å². The highest BCUT2D eigenvalue weighted by atomic mass is 35.5. The molecule has 2 aromatic rings. The van der Waals surface area contributed by atoms with Gasteiger partial charge >= 0.3 is 6.09 Å². The van der Waals surface area contributed by atoms with Gasteiger partial charge in [-0.25, -0.2) is 4.79 Å². The molecule has 0 aliphatic heterocycles. The van der Waals surface area contributed by atoms with Crippen molar-refractivity contribution in [2.24, 2.45) is 11.5 Å². The van der Waals surface area contributed by atoms with E-state index in [1.807, 2.05) is 20.8 Å². The number of benzene rings is 2. The summed E-state index contributed by atoms with van der Waals surface area (Å²) in [6.45, 7) is 5.59. The molecule has 0 spiro atoms. The summed E-state index contributed by atoms with van der Waals surface area (Å²) in [5.41, 5.74) is 11.7. The van der Waals surface area contributed by atoms with Crippen molar-refractivity contribution in [3.05, 3.63) is 61.6 Å². The first kappa shape index (κ1) is 38.3. The Kier molecular flexibility index (Phi) is 15.2. The third-order valence-corrected chi connectivity index (χ3v) is 7.68. The van der Waals surface area contributed by atoms with Gasteiger partial charge in [0, 0.05) is 48.4 Å². The largest absolute Gasteiger partial charge is 0.497 e. The number of halogens is 1. The second kappa shape index (κ2) is 18.3. The van der Waals surface area contributed by atoms with Crippen LogP contribution >= 0.6 is 11.6 Å². The Morgan fingerprint density at radius 1 is 0.804 bits per heavy atom. The topological polar surface area (TPSA) is 207 Å². The number of rotatable bonds is 7. The molecule has 0 bridgehead atoms. The van der Waals surface area contributed by atoms with E-state index in [1.54, 1.807) is 19.2 Å². The molecule has 0 aromatic heterocycles. The lowest BCUT2D eigenvalue weighted by Gasteiger charge is -2.28. The molecular formula is C31H47ClN6O8. The standard InChI is InChI=1S/C13H19N3O3.C11H22N2O2.C7H6ClNO3/c1-19-11-6-7-13(16(17)18)12(8-11)15-10-4-2-9(14)3-5-10;1-11(2,3)15-10(14)13-9-6-4-8(12)5-7-9;1-12-5-2-3-7(9(10)11)6(8)4-5/h6-10,15H,2-5,14H2,1H3;8-9H,4-7,12H2,1-3H3,(H,13,14);2-4H,1H3. The number of hydrogen-bond donors (Lipinski definition) is 4. The number of nitrogens with one attached hydrogen (secondary N) is 2. The molecule has 4 rings (SSSR count). The Balaban J connectivity index is 0.000000247. The number of nitrogens with two attached hydrogens (primary N) is 2. The van der Waals surface area contributed by atoms with Gasteiger partial charge in [-0.05, 0) is 84.3 Å². The van der Waals surface area contributed by atoms with Gasteiger partial charge in [0.1, 0.15) is 27.8 Å². The van der Waals surface area contributed by atoms with Crippen molar-refractivity contribution >= 4 is 34.8 Å². The highest BCUT2D eigenvalue weighted by Gasteiger charge is 2.24. The maximum Gasteiger partial charge on any atom is 0.407 e. The van der Waals surface area contributed by atoms with Gasteiger partial charge in [0.15, 0.2) is 0 Å². The zero-order chi connectivity index (χ0) is 34.4. The molecule has 14 nitrogen and oxygen atoms in total. The van der Waals surface area contributed by atoms with Crippen molar-refractivity contribution in [3.63, 3.8) is 0 Å². The Bertz CT molecular complexity index is 1290. The summed E-state index contributed by atoms with van der Waals surface area (Å²) in [5.74, 6) is 1.12. The maximum absolute atomic E-state index is 11.4. The minimum absolute atomic E-state index is 0.0793. The molecule has 0 heterocycles. The van der Waals surface area contributed by atoms with Gasteiger partial charge in [0.05, 0.1) is 24.1 Å². The molecule has 1 amide bonds. The van der Waals surface area contributed by atoms with Crippen molar-refractivity contribution in [1.29, 1.82) is 0 Å². The third kappa shape index (κ3) is 13.6. The quantitative estimate of drug-likeness (QED) is 0.190. The second-order valence-corrected chi connectivity index (χ2v) is 12.6. The van der Waals surface area contributed by atoms with Crippen molar-refractivity contribution in [2.75, 3.05) is 19.5 Å². The number of carbonyl (C=O) groups is 1. The third-order valence-electron chi connectivity index (χ3n) is 7.38. The van der Waals surface area contributed by atoms with E-state index in [1.165, 1.54) is 31.4 Å². The summed E-state index contributed by atoms with van der Waals surface area (Å²) >= 11 is 5.58. The van der Waals surface area contributed by atoms with E-state index in [0.29, 0.717) is 23.2 Å². The molecule has 2 fully saturated rings. The smallest absolute Gasteiger partial charge is 0.407 e. The van der Waals surface area contributed by atoms with Gasteiger partial charge in [-0.3, -0.25) is 20.2 Å². The van der Waals surface area contributed by atoms with Crippen LogP contribution in [0.2, 0.25) is 5.02 Å². The van der Waals surface area contributed by atoms with Crippen LogP contribution in [0.1, 0.15) is 72.1 Å². The number of methoxy groups -OCH3 is 2. The summed E-state index contributed by atoms with van der Waals surface area (Å²) < 4.78 is 15.1. The fourth-order valence-corrected chi connectivity index (χ4v) is 5.14. The van der Waals surface area contributed by atoms with Crippen LogP contribution in [0.3, 0.4) is 0 Å². The lowest BCUT2D eigenvalue weighted by Crippen LogP contribution is -2.42. The highest BCUT2D eigenvalue weighted by molar-refractivity contribution is 6.32. The van der Waals surface area contributed by atoms with Crippen LogP contribution in [0.15, 0.2) is 36.4 Å². The van der Waals surface area contributed by atoms with Gasteiger partial charge in [-0.1, -0.05) is 11.6 Å². The molecule has 0 unspecified atom stereocenters. The van der Waals surface area contributed by atoms with E-state index in [4.69, 9.17) is 37.3 Å². The lowest BCUT2D eigenvalue weighted by molar-refractivity contribution is -0.384. The van der Waals surface area contributed by atoms with Crippen molar-refractivity contribution < 1.29 is 28.9 Å². The molecule has 256 valence electrons. The van der Waals surface area contributed by atoms with E-state index >= 15 is 0 Å². The second-order valence-electron chi connectivity index (χ2n) is 12.2. The molecule has 2 aliphatic rings. The van der Waals surface area contributed by atoms with E-state index in [9.17, 15) is 25.0 Å². The normalized spacial score (nSPS) is 20.8. The summed E-state index contributed by atoms with van der Waals surface area (Å²) in [7, 11) is 3.02. The first-order valence-electron chi connectivity index (χ1n) is 15.2. The van der Waals surface area contributed by atoms with Crippen LogP contribution in [-0.4, -0.2) is 59.9 Å². The Morgan fingerprint density at radius 3 is 1.70 bits per heavy atom. The molecule has 0 atom stereocenters. The summed E-state index contributed by atoms with van der Waals surface area (Å²) in [6.07, 6.45) is 7.36. The van der Waals surface area contributed by atoms with E-state index < -0.39 is 10.5 Å². The lowest BCUT2D eigenvalue weighted by atomic mass is 9.91. The summed E-state index contributed by atoms with van der Waals surface area (Å²) in [5, 5.41) is 27.5. The number of nitro benzene ring substituents is 2. The van der Waals surface area contributed by atoms with E-state index in [-0.39, 0.29) is 45.5 Å². The number of ether oxygens (including phenoxy) is 3. The number of carbonyl (C=O) groups excluding carboxylic acids is 1. The van der Waals surface area contributed by atoms with Crippen molar-refractivity contribution in [3.8, 4) is 11.5 Å². The minimum atomic E-state index is -0.540. The molecule has 2 aliphatic carbocycles. The first-order chi connectivity index (χ1) is 21.6. The highest BCUT2D eigenvalue weighted by Crippen LogP contribution is 2.32. The van der Waals surface area contributed by atoms with E-state index in [0.717, 1.165) is 51.4 Å². The predicted octanol–water partition coefficient (Wildman–Crippen LogP) is 6.32. The van der Waals surface area contributed by atoms with Crippen LogP contribution in [0.5, 0.6) is 11.5 Å². The van der Waals surface area contributed by atoms with Crippen LogP contribution in [0.4, 0.5) is 21.9 Å². The molecule has 0 saturated heterocycles. The maximum atomic E-state index is 11.4. The van der Waals surface area contributed by atoms with Crippen LogP contribution in [-0.2, 0) is 4.74 Å². The van der Waals surface area contributed by atoms with Crippen LogP contribution < -0.4 is 31.6 Å². The monoisotopic (exact) mass is 666 g/mol. The molecule has 6 N–H and O–H groups in total. The molecule has 0 radical (unpaired) electrons. The zero-order valence-corrected chi connectivity index (χ0v) is 27.9. The number of alkyl carbamates (subject to hydrolysis) is 1. The fraction of sp³-hybridized carbons (Fsp3) is 0.581. The number of amides is 1. The summed E-state index contributed by atoms with van der Waals surface area (Å²) in [4.78, 5) is 31.8. The number of anilines is 1. The Labute approximate surface area is 274 Å². The van der Waals surface area contributed by atoms with Crippen LogP contribution in [0, 0.1) is 20.2 Å². The zero-order valence-electron chi connectivity index (χ0n) is 27.1.